The second kappa shape index (κ2) is 9.86. The molecule has 2 N–H and O–H groups in total. The molecule has 1 saturated carbocycles. The van der Waals surface area contributed by atoms with E-state index in [1.165, 1.54) is 24.1 Å². The number of benzene rings is 1. The number of rotatable bonds is 8. The Balaban J connectivity index is 1.26. The lowest BCUT2D eigenvalue weighted by Gasteiger charge is -2.28. The fourth-order valence-corrected chi connectivity index (χ4v) is 5.36. The zero-order valence-corrected chi connectivity index (χ0v) is 20.8. The van der Waals surface area contributed by atoms with E-state index in [2.05, 4.69) is 48.1 Å². The number of carbonyl (C=O) groups is 1. The predicted molar refractivity (Wildman–Crippen MR) is 137 cm³/mol. The molecule has 3 aromatic rings. The lowest BCUT2D eigenvalue weighted by Crippen LogP contribution is -2.29. The number of primary amides is 1. The number of piperidine rings is 1. The number of carbonyl (C=O) groups excluding carboxylic acids is 1. The van der Waals surface area contributed by atoms with Gasteiger partial charge < -0.3 is 10.6 Å². The first-order chi connectivity index (χ1) is 16.9. The van der Waals surface area contributed by atoms with Gasteiger partial charge in [-0.05, 0) is 93.9 Å². The molecule has 2 aromatic heterocycles. The maximum Gasteiger partial charge on any atom is 0.228 e. The van der Waals surface area contributed by atoms with E-state index >= 15 is 0 Å². The van der Waals surface area contributed by atoms with Crippen molar-refractivity contribution in [1.29, 1.82) is 0 Å². The molecule has 3 heterocycles. The van der Waals surface area contributed by atoms with Crippen molar-refractivity contribution < 1.29 is 4.79 Å². The number of aromatic nitrogens is 3. The summed E-state index contributed by atoms with van der Waals surface area (Å²) in [5.74, 6) is 1.18. The van der Waals surface area contributed by atoms with E-state index in [9.17, 15) is 4.79 Å². The summed E-state index contributed by atoms with van der Waals surface area (Å²) in [6.07, 6.45) is 10.3. The molecule has 35 heavy (non-hydrogen) atoms. The van der Waals surface area contributed by atoms with E-state index in [-0.39, 0.29) is 5.91 Å². The van der Waals surface area contributed by atoms with Crippen molar-refractivity contribution in [2.75, 3.05) is 20.1 Å². The number of hydrogen-bond acceptors (Lipinski definition) is 5. The molecular formula is C29H35N5O. The standard InChI is InChI=1S/C29H35N5O/c1-20-18-32-27(17-21-7-9-26(31-19-21)23-11-15-34(2)16-12-23)33-25(20)10-8-22-5-3-4-6-24(22)29(13-14-29)28(30)35/h3-7,9,18-19,23H,8,10-17H2,1-2H3,(H2,30,35). The average Bonchev–Trinajstić information content (AvgIpc) is 3.68. The molecule has 2 aliphatic rings. The highest BCUT2D eigenvalue weighted by Gasteiger charge is 2.50. The molecule has 6 heteroatoms. The number of hydrogen-bond donors (Lipinski definition) is 1. The van der Waals surface area contributed by atoms with Crippen LogP contribution in [0.3, 0.4) is 0 Å². The topological polar surface area (TPSA) is 85.0 Å². The van der Waals surface area contributed by atoms with Crippen molar-refractivity contribution in [3.63, 3.8) is 0 Å². The molecule has 1 aromatic carbocycles. The van der Waals surface area contributed by atoms with Crippen molar-refractivity contribution in [3.05, 3.63) is 88.3 Å². The summed E-state index contributed by atoms with van der Waals surface area (Å²) in [6.45, 7) is 4.35. The van der Waals surface area contributed by atoms with Gasteiger partial charge in [0.25, 0.3) is 0 Å². The van der Waals surface area contributed by atoms with Gasteiger partial charge in [-0.25, -0.2) is 9.97 Å². The molecule has 1 aliphatic carbocycles. The average molecular weight is 470 g/mol. The number of pyridine rings is 1. The van der Waals surface area contributed by atoms with Crippen molar-refractivity contribution in [2.45, 2.75) is 63.2 Å². The van der Waals surface area contributed by atoms with Crippen molar-refractivity contribution >= 4 is 5.91 Å². The first-order valence-electron chi connectivity index (χ1n) is 12.8. The van der Waals surface area contributed by atoms with Gasteiger partial charge in [0.1, 0.15) is 5.82 Å². The van der Waals surface area contributed by atoms with Gasteiger partial charge in [0.2, 0.25) is 5.91 Å². The van der Waals surface area contributed by atoms with E-state index in [0.29, 0.717) is 12.3 Å². The molecule has 0 radical (unpaired) electrons. The summed E-state index contributed by atoms with van der Waals surface area (Å²) >= 11 is 0. The molecule has 0 unspecified atom stereocenters. The van der Waals surface area contributed by atoms with E-state index < -0.39 is 5.41 Å². The van der Waals surface area contributed by atoms with Gasteiger partial charge >= 0.3 is 0 Å². The minimum absolute atomic E-state index is 0.207. The van der Waals surface area contributed by atoms with E-state index in [0.717, 1.165) is 67.0 Å². The molecule has 5 rings (SSSR count). The molecule has 0 spiro atoms. The van der Waals surface area contributed by atoms with E-state index in [1.54, 1.807) is 0 Å². The van der Waals surface area contributed by atoms with Gasteiger partial charge in [-0.3, -0.25) is 9.78 Å². The Hall–Kier alpha value is -3.12. The maximum atomic E-state index is 12.1. The molecule has 0 bridgehead atoms. The Morgan fingerprint density at radius 1 is 1.06 bits per heavy atom. The highest BCUT2D eigenvalue weighted by Crippen LogP contribution is 2.49. The third-order valence-electron chi connectivity index (χ3n) is 7.86. The van der Waals surface area contributed by atoms with Gasteiger partial charge in [-0.15, -0.1) is 0 Å². The van der Waals surface area contributed by atoms with Crippen LogP contribution >= 0.6 is 0 Å². The summed E-state index contributed by atoms with van der Waals surface area (Å²) < 4.78 is 0. The van der Waals surface area contributed by atoms with Crippen LogP contribution in [-0.4, -0.2) is 45.9 Å². The SMILES string of the molecule is Cc1cnc(Cc2ccc(C3CCN(C)CC3)nc2)nc1CCc1ccccc1C1(C(N)=O)CC1. The third-order valence-corrected chi connectivity index (χ3v) is 7.86. The molecule has 0 atom stereocenters. The summed E-state index contributed by atoms with van der Waals surface area (Å²) in [5, 5.41) is 0. The zero-order valence-electron chi connectivity index (χ0n) is 20.8. The van der Waals surface area contributed by atoms with Crippen LogP contribution in [0.5, 0.6) is 0 Å². The Kier molecular flexibility index (Phi) is 6.65. The maximum absolute atomic E-state index is 12.1. The number of amides is 1. The van der Waals surface area contributed by atoms with Gasteiger partial charge in [-0.1, -0.05) is 30.3 Å². The van der Waals surface area contributed by atoms with Gasteiger partial charge in [0.05, 0.1) is 5.41 Å². The normalized spacial score (nSPS) is 17.9. The fraction of sp³-hybridized carbons (Fsp3) is 0.448. The predicted octanol–water partition coefficient (Wildman–Crippen LogP) is 3.88. The van der Waals surface area contributed by atoms with E-state index in [4.69, 9.17) is 15.7 Å². The molecule has 1 saturated heterocycles. The van der Waals surface area contributed by atoms with Crippen LogP contribution in [0.2, 0.25) is 0 Å². The molecule has 182 valence electrons. The minimum atomic E-state index is -0.463. The summed E-state index contributed by atoms with van der Waals surface area (Å²) in [4.78, 5) is 28.8. The van der Waals surface area contributed by atoms with Crippen LogP contribution in [-0.2, 0) is 29.5 Å². The summed E-state index contributed by atoms with van der Waals surface area (Å²) in [5.41, 5.74) is 12.1. The molecule has 6 nitrogen and oxygen atoms in total. The Bertz CT molecular complexity index is 1190. The molecule has 1 aliphatic heterocycles. The lowest BCUT2D eigenvalue weighted by molar-refractivity contribution is -0.120. The van der Waals surface area contributed by atoms with Crippen molar-refractivity contribution in [2.24, 2.45) is 5.73 Å². The van der Waals surface area contributed by atoms with Crippen LogP contribution in [0.25, 0.3) is 0 Å². The fourth-order valence-electron chi connectivity index (χ4n) is 5.36. The van der Waals surface area contributed by atoms with Crippen LogP contribution in [0, 0.1) is 6.92 Å². The largest absolute Gasteiger partial charge is 0.369 e. The molecule has 2 fully saturated rings. The Morgan fingerprint density at radius 3 is 2.51 bits per heavy atom. The quantitative estimate of drug-likeness (QED) is 0.541. The minimum Gasteiger partial charge on any atom is -0.369 e. The second-order valence-electron chi connectivity index (χ2n) is 10.4. The summed E-state index contributed by atoms with van der Waals surface area (Å²) in [6, 6.07) is 12.6. The van der Waals surface area contributed by atoms with Gasteiger partial charge in [-0.2, -0.15) is 0 Å². The van der Waals surface area contributed by atoms with Gasteiger partial charge in [0.15, 0.2) is 0 Å². The number of nitrogens with zero attached hydrogens (tertiary/aromatic N) is 4. The molecular weight excluding hydrogens is 434 g/mol. The van der Waals surface area contributed by atoms with E-state index in [1.807, 2.05) is 24.5 Å². The zero-order chi connectivity index (χ0) is 24.4. The Morgan fingerprint density at radius 2 is 1.83 bits per heavy atom. The van der Waals surface area contributed by atoms with Crippen molar-refractivity contribution in [1.82, 2.24) is 19.9 Å². The van der Waals surface area contributed by atoms with Crippen LogP contribution in [0.1, 0.15) is 71.1 Å². The van der Waals surface area contributed by atoms with Crippen molar-refractivity contribution in [3.8, 4) is 0 Å². The first-order valence-corrected chi connectivity index (χ1v) is 12.8. The summed E-state index contributed by atoms with van der Waals surface area (Å²) in [7, 11) is 2.19. The Labute approximate surface area is 208 Å². The second-order valence-corrected chi connectivity index (χ2v) is 10.4. The third kappa shape index (κ3) is 5.13. The highest BCUT2D eigenvalue weighted by atomic mass is 16.1. The number of likely N-dealkylation sites (tertiary alicyclic amines) is 1. The van der Waals surface area contributed by atoms with Crippen LogP contribution < -0.4 is 5.73 Å². The number of aryl methyl sites for hydroxylation is 3. The molecule has 1 amide bonds. The van der Waals surface area contributed by atoms with Crippen LogP contribution in [0.15, 0.2) is 48.8 Å². The monoisotopic (exact) mass is 469 g/mol. The highest BCUT2D eigenvalue weighted by molar-refractivity contribution is 5.90. The number of nitrogens with two attached hydrogens (primary N) is 1. The first kappa shape index (κ1) is 23.6. The van der Waals surface area contributed by atoms with Crippen LogP contribution in [0.4, 0.5) is 0 Å². The smallest absolute Gasteiger partial charge is 0.228 e. The van der Waals surface area contributed by atoms with Gasteiger partial charge in [0, 0.05) is 36.1 Å². The lowest BCUT2D eigenvalue weighted by atomic mass is 9.88.